The standard InChI is InChI=1S/C20H29N3O4.ClH/c1-26-15-20(7-9-21-10-8-20)14-22-19(25)17-12-27-13-18(24)23(17)11-16-5-3-2-4-6-16;/h2-6,17,21H,7-15H2,1H3,(H,22,25);1H/t17-;/m1./s1. The van der Waals surface area contributed by atoms with Crippen molar-refractivity contribution in [3.63, 3.8) is 0 Å². The fourth-order valence-electron chi connectivity index (χ4n) is 3.83. The average molecular weight is 412 g/mol. The maximum absolute atomic E-state index is 12.9. The van der Waals surface area contributed by atoms with Crippen LogP contribution in [-0.4, -0.2) is 69.3 Å². The summed E-state index contributed by atoms with van der Waals surface area (Å²) >= 11 is 0. The molecule has 2 aliphatic heterocycles. The molecular weight excluding hydrogens is 382 g/mol. The van der Waals surface area contributed by atoms with Crippen LogP contribution in [0.3, 0.4) is 0 Å². The SMILES string of the molecule is COCC1(CNC(=O)[C@H]2COCC(=O)N2Cc2ccccc2)CCNCC1.Cl. The molecule has 156 valence electrons. The van der Waals surface area contributed by atoms with Gasteiger partial charge in [-0.2, -0.15) is 0 Å². The summed E-state index contributed by atoms with van der Waals surface area (Å²) in [6.07, 6.45) is 1.91. The lowest BCUT2D eigenvalue weighted by molar-refractivity contribution is -0.155. The number of rotatable bonds is 7. The number of carbonyl (C=O) groups excluding carboxylic acids is 2. The molecule has 8 heteroatoms. The monoisotopic (exact) mass is 411 g/mol. The Kier molecular flexibility index (Phi) is 8.69. The molecule has 0 aliphatic carbocycles. The van der Waals surface area contributed by atoms with E-state index < -0.39 is 6.04 Å². The van der Waals surface area contributed by atoms with Crippen molar-refractivity contribution in [2.75, 3.05) is 46.6 Å². The first-order chi connectivity index (χ1) is 13.1. The molecule has 2 N–H and O–H groups in total. The van der Waals surface area contributed by atoms with Crippen molar-refractivity contribution in [2.24, 2.45) is 5.41 Å². The molecule has 2 aliphatic rings. The molecule has 28 heavy (non-hydrogen) atoms. The normalized spacial score (nSPS) is 21.7. The molecular formula is C20H30ClN3O4. The number of amides is 2. The largest absolute Gasteiger partial charge is 0.384 e. The zero-order valence-electron chi connectivity index (χ0n) is 16.3. The first-order valence-corrected chi connectivity index (χ1v) is 9.52. The van der Waals surface area contributed by atoms with Crippen LogP contribution in [0.25, 0.3) is 0 Å². The summed E-state index contributed by atoms with van der Waals surface area (Å²) in [6.45, 7) is 3.66. The van der Waals surface area contributed by atoms with E-state index in [4.69, 9.17) is 9.47 Å². The van der Waals surface area contributed by atoms with Gasteiger partial charge in [0.2, 0.25) is 11.8 Å². The lowest BCUT2D eigenvalue weighted by atomic mass is 9.79. The van der Waals surface area contributed by atoms with Gasteiger partial charge in [0.25, 0.3) is 0 Å². The van der Waals surface area contributed by atoms with Crippen molar-refractivity contribution in [2.45, 2.75) is 25.4 Å². The van der Waals surface area contributed by atoms with E-state index in [-0.39, 0.29) is 42.9 Å². The highest BCUT2D eigenvalue weighted by molar-refractivity contribution is 5.89. The summed E-state index contributed by atoms with van der Waals surface area (Å²) in [5, 5.41) is 6.41. The van der Waals surface area contributed by atoms with E-state index in [1.165, 1.54) is 0 Å². The van der Waals surface area contributed by atoms with Crippen LogP contribution in [0.5, 0.6) is 0 Å². The van der Waals surface area contributed by atoms with Crippen LogP contribution < -0.4 is 10.6 Å². The van der Waals surface area contributed by atoms with E-state index in [0.29, 0.717) is 19.7 Å². The van der Waals surface area contributed by atoms with Gasteiger partial charge >= 0.3 is 0 Å². The number of halogens is 1. The number of benzene rings is 1. The maximum atomic E-state index is 12.9. The summed E-state index contributed by atoms with van der Waals surface area (Å²) in [5.41, 5.74) is 0.944. The van der Waals surface area contributed by atoms with E-state index in [0.717, 1.165) is 31.5 Å². The van der Waals surface area contributed by atoms with Gasteiger partial charge in [-0.25, -0.2) is 0 Å². The van der Waals surface area contributed by atoms with Crippen molar-refractivity contribution in [3.05, 3.63) is 35.9 Å². The Labute approximate surface area is 172 Å². The first-order valence-electron chi connectivity index (χ1n) is 9.52. The lowest BCUT2D eigenvalue weighted by Gasteiger charge is -2.39. The van der Waals surface area contributed by atoms with Crippen LogP contribution in [-0.2, 0) is 25.6 Å². The molecule has 0 spiro atoms. The number of nitrogens with one attached hydrogen (secondary N) is 2. The second kappa shape index (κ2) is 10.8. The molecule has 1 aromatic rings. The van der Waals surface area contributed by atoms with Gasteiger partial charge in [-0.15, -0.1) is 12.4 Å². The second-order valence-electron chi connectivity index (χ2n) is 7.44. The molecule has 2 heterocycles. The quantitative estimate of drug-likeness (QED) is 0.698. The third-order valence-electron chi connectivity index (χ3n) is 5.45. The van der Waals surface area contributed by atoms with E-state index in [1.807, 2.05) is 30.3 Å². The van der Waals surface area contributed by atoms with Gasteiger partial charge in [-0.1, -0.05) is 30.3 Å². The Morgan fingerprint density at radius 1 is 1.32 bits per heavy atom. The maximum Gasteiger partial charge on any atom is 0.249 e. The van der Waals surface area contributed by atoms with Crippen LogP contribution in [0, 0.1) is 5.41 Å². The highest BCUT2D eigenvalue weighted by atomic mass is 35.5. The Morgan fingerprint density at radius 2 is 2.04 bits per heavy atom. The van der Waals surface area contributed by atoms with Gasteiger partial charge in [0.15, 0.2) is 0 Å². The topological polar surface area (TPSA) is 79.9 Å². The number of carbonyl (C=O) groups is 2. The number of nitrogens with zero attached hydrogens (tertiary/aromatic N) is 1. The summed E-state index contributed by atoms with van der Waals surface area (Å²) in [4.78, 5) is 26.9. The van der Waals surface area contributed by atoms with Crippen LogP contribution >= 0.6 is 12.4 Å². The van der Waals surface area contributed by atoms with Crippen molar-refractivity contribution in [1.82, 2.24) is 15.5 Å². The van der Waals surface area contributed by atoms with Crippen molar-refractivity contribution >= 4 is 24.2 Å². The second-order valence-corrected chi connectivity index (χ2v) is 7.44. The van der Waals surface area contributed by atoms with Gasteiger partial charge in [-0.3, -0.25) is 9.59 Å². The fourth-order valence-corrected chi connectivity index (χ4v) is 3.83. The summed E-state index contributed by atoms with van der Waals surface area (Å²) in [5.74, 6) is -0.313. The van der Waals surface area contributed by atoms with Crippen LogP contribution in [0.2, 0.25) is 0 Å². The van der Waals surface area contributed by atoms with E-state index >= 15 is 0 Å². The lowest BCUT2D eigenvalue weighted by Crippen LogP contribution is -2.57. The van der Waals surface area contributed by atoms with Gasteiger partial charge in [0.05, 0.1) is 13.2 Å². The Bertz CT molecular complexity index is 632. The van der Waals surface area contributed by atoms with E-state index in [9.17, 15) is 9.59 Å². The third kappa shape index (κ3) is 5.67. The summed E-state index contributed by atoms with van der Waals surface area (Å²) in [7, 11) is 1.70. The van der Waals surface area contributed by atoms with Crippen molar-refractivity contribution < 1.29 is 19.1 Å². The minimum atomic E-state index is -0.604. The third-order valence-corrected chi connectivity index (χ3v) is 5.45. The molecule has 2 saturated heterocycles. The molecule has 2 amide bonds. The molecule has 7 nitrogen and oxygen atoms in total. The summed E-state index contributed by atoms with van der Waals surface area (Å²) < 4.78 is 10.8. The average Bonchev–Trinajstić information content (AvgIpc) is 2.69. The van der Waals surface area contributed by atoms with E-state index in [1.54, 1.807) is 12.0 Å². The molecule has 3 rings (SSSR count). The number of piperidine rings is 1. The number of hydrogen-bond acceptors (Lipinski definition) is 5. The number of methoxy groups -OCH3 is 1. The number of morpholine rings is 1. The smallest absolute Gasteiger partial charge is 0.249 e. The minimum absolute atomic E-state index is 0. The van der Waals surface area contributed by atoms with Gasteiger partial charge in [0.1, 0.15) is 12.6 Å². The molecule has 0 radical (unpaired) electrons. The van der Waals surface area contributed by atoms with Crippen LogP contribution in [0.1, 0.15) is 18.4 Å². The van der Waals surface area contributed by atoms with Crippen molar-refractivity contribution in [3.8, 4) is 0 Å². The Balaban J connectivity index is 0.00000280. The Morgan fingerprint density at radius 3 is 2.71 bits per heavy atom. The predicted molar refractivity (Wildman–Crippen MR) is 108 cm³/mol. The van der Waals surface area contributed by atoms with Gasteiger partial charge in [0, 0.05) is 25.6 Å². The summed E-state index contributed by atoms with van der Waals surface area (Å²) in [6, 6.07) is 9.11. The minimum Gasteiger partial charge on any atom is -0.384 e. The fraction of sp³-hybridized carbons (Fsp3) is 0.600. The molecule has 0 aromatic heterocycles. The zero-order chi connectivity index (χ0) is 19.1. The number of ether oxygens (including phenoxy) is 2. The van der Waals surface area contributed by atoms with E-state index in [2.05, 4.69) is 10.6 Å². The molecule has 1 atom stereocenters. The van der Waals surface area contributed by atoms with Crippen LogP contribution in [0.4, 0.5) is 0 Å². The zero-order valence-corrected chi connectivity index (χ0v) is 17.1. The molecule has 0 bridgehead atoms. The molecule has 0 unspecified atom stereocenters. The predicted octanol–water partition coefficient (Wildman–Crippen LogP) is 0.968. The highest BCUT2D eigenvalue weighted by Crippen LogP contribution is 2.28. The molecule has 1 aromatic carbocycles. The van der Waals surface area contributed by atoms with Gasteiger partial charge < -0.3 is 25.0 Å². The Hall–Kier alpha value is -1.67. The first kappa shape index (κ1) is 22.6. The highest BCUT2D eigenvalue weighted by Gasteiger charge is 2.37. The number of hydrogen-bond donors (Lipinski definition) is 2. The molecule has 2 fully saturated rings. The van der Waals surface area contributed by atoms with Crippen molar-refractivity contribution in [1.29, 1.82) is 0 Å². The van der Waals surface area contributed by atoms with Crippen LogP contribution in [0.15, 0.2) is 30.3 Å². The molecule has 0 saturated carbocycles. The van der Waals surface area contributed by atoms with Gasteiger partial charge in [-0.05, 0) is 31.5 Å².